The zero-order valence-corrected chi connectivity index (χ0v) is 12.9. The smallest absolute Gasteiger partial charge is 0.410 e. The van der Waals surface area contributed by atoms with Crippen LogP contribution < -0.4 is 5.32 Å². The van der Waals surface area contributed by atoms with E-state index in [1.54, 1.807) is 11.1 Å². The third-order valence-corrected chi connectivity index (χ3v) is 4.54. The lowest BCUT2D eigenvalue weighted by Gasteiger charge is -2.29. The Kier molecular flexibility index (Phi) is 3.83. The number of amides is 1. The van der Waals surface area contributed by atoms with Crippen LogP contribution in [0.3, 0.4) is 0 Å². The Morgan fingerprint density at radius 2 is 2.09 bits per heavy atom. The van der Waals surface area contributed by atoms with Crippen LogP contribution >= 0.6 is 0 Å². The number of ether oxygens (including phenoxy) is 1. The number of rotatable bonds is 3. The van der Waals surface area contributed by atoms with Gasteiger partial charge in [0.2, 0.25) is 0 Å². The minimum atomic E-state index is -0.224. The van der Waals surface area contributed by atoms with Crippen molar-refractivity contribution in [2.24, 2.45) is 5.92 Å². The Labute approximate surface area is 134 Å². The topological polar surface area (TPSA) is 67.3 Å². The van der Waals surface area contributed by atoms with E-state index in [4.69, 9.17) is 4.74 Å². The molecule has 2 heterocycles. The molecule has 0 spiro atoms. The maximum atomic E-state index is 12.5. The Morgan fingerprint density at radius 3 is 2.87 bits per heavy atom. The molecule has 1 aromatic carbocycles. The van der Waals surface area contributed by atoms with Crippen molar-refractivity contribution >= 4 is 17.0 Å². The first-order valence-corrected chi connectivity index (χ1v) is 8.19. The van der Waals surface area contributed by atoms with Crippen LogP contribution in [-0.4, -0.2) is 47.4 Å². The van der Waals surface area contributed by atoms with E-state index in [2.05, 4.69) is 15.5 Å². The SMILES string of the molecule is O=C(OC(c1cccc2ccnnc12)C1CC1)N1CCNCC1. The third kappa shape index (κ3) is 2.99. The molecule has 1 atom stereocenters. The normalized spacial score (nSPS) is 19.6. The molecule has 1 unspecified atom stereocenters. The van der Waals surface area contributed by atoms with Gasteiger partial charge in [-0.25, -0.2) is 4.79 Å². The summed E-state index contributed by atoms with van der Waals surface area (Å²) in [7, 11) is 0. The van der Waals surface area contributed by atoms with Crippen molar-refractivity contribution in [2.45, 2.75) is 18.9 Å². The summed E-state index contributed by atoms with van der Waals surface area (Å²) in [5.41, 5.74) is 1.81. The van der Waals surface area contributed by atoms with Crippen LogP contribution in [-0.2, 0) is 4.74 Å². The summed E-state index contributed by atoms with van der Waals surface area (Å²) in [6.07, 6.45) is 3.43. The van der Waals surface area contributed by atoms with Crippen molar-refractivity contribution in [1.29, 1.82) is 0 Å². The number of carbonyl (C=O) groups is 1. The molecule has 1 aliphatic carbocycles. The fraction of sp³-hybridized carbons (Fsp3) is 0.471. The number of piperazine rings is 1. The summed E-state index contributed by atoms with van der Waals surface area (Å²) in [4.78, 5) is 14.3. The van der Waals surface area contributed by atoms with Crippen molar-refractivity contribution < 1.29 is 9.53 Å². The molecule has 6 nitrogen and oxygen atoms in total. The average molecular weight is 312 g/mol. The number of carbonyl (C=O) groups excluding carboxylic acids is 1. The molecule has 1 aliphatic heterocycles. The van der Waals surface area contributed by atoms with Crippen LogP contribution in [0, 0.1) is 5.92 Å². The molecular formula is C17H20N4O2. The molecule has 1 saturated carbocycles. The van der Waals surface area contributed by atoms with Gasteiger partial charge in [-0.05, 0) is 18.9 Å². The highest BCUT2D eigenvalue weighted by Gasteiger charge is 2.37. The summed E-state index contributed by atoms with van der Waals surface area (Å²) >= 11 is 0. The van der Waals surface area contributed by atoms with Gasteiger partial charge in [-0.1, -0.05) is 18.2 Å². The quantitative estimate of drug-likeness (QED) is 0.940. The zero-order valence-electron chi connectivity index (χ0n) is 12.9. The van der Waals surface area contributed by atoms with Crippen LogP contribution in [0.15, 0.2) is 30.5 Å². The van der Waals surface area contributed by atoms with Gasteiger partial charge in [0.1, 0.15) is 6.10 Å². The molecule has 0 bridgehead atoms. The largest absolute Gasteiger partial charge is 0.441 e. The summed E-state index contributed by atoms with van der Waals surface area (Å²) in [6.45, 7) is 3.04. The zero-order chi connectivity index (χ0) is 15.6. The van der Waals surface area contributed by atoms with Crippen molar-refractivity contribution in [2.75, 3.05) is 26.2 Å². The Hall–Kier alpha value is -2.21. The van der Waals surface area contributed by atoms with Crippen LogP contribution in [0.2, 0.25) is 0 Å². The highest BCUT2D eigenvalue weighted by Crippen LogP contribution is 2.45. The lowest BCUT2D eigenvalue weighted by molar-refractivity contribution is 0.0499. The van der Waals surface area contributed by atoms with Gasteiger partial charge in [0.25, 0.3) is 0 Å². The molecular weight excluding hydrogens is 292 g/mol. The highest BCUT2D eigenvalue weighted by molar-refractivity contribution is 5.81. The fourth-order valence-corrected chi connectivity index (χ4v) is 3.11. The monoisotopic (exact) mass is 312 g/mol. The van der Waals surface area contributed by atoms with Crippen molar-refractivity contribution in [3.63, 3.8) is 0 Å². The molecule has 6 heteroatoms. The standard InChI is InChI=1S/C17H20N4O2/c22-17(21-10-8-18-9-11-21)23-16(13-4-5-13)14-3-1-2-12-6-7-19-20-15(12)14/h1-3,6-7,13,16,18H,4-5,8-11H2. The predicted octanol–water partition coefficient (Wildman–Crippen LogP) is 2.12. The molecule has 2 aromatic rings. The molecule has 1 N–H and O–H groups in total. The van der Waals surface area contributed by atoms with E-state index in [9.17, 15) is 4.79 Å². The van der Waals surface area contributed by atoms with E-state index in [0.29, 0.717) is 19.0 Å². The van der Waals surface area contributed by atoms with Crippen molar-refractivity contribution in [3.8, 4) is 0 Å². The number of fused-ring (bicyclic) bond motifs is 1. The lowest BCUT2D eigenvalue weighted by Crippen LogP contribution is -2.46. The number of hydrogen-bond acceptors (Lipinski definition) is 5. The molecule has 23 heavy (non-hydrogen) atoms. The number of nitrogens with one attached hydrogen (secondary N) is 1. The first-order valence-electron chi connectivity index (χ1n) is 8.19. The first-order chi connectivity index (χ1) is 11.3. The Balaban J connectivity index is 1.61. The van der Waals surface area contributed by atoms with E-state index >= 15 is 0 Å². The molecule has 2 fully saturated rings. The van der Waals surface area contributed by atoms with Crippen LogP contribution in [0.4, 0.5) is 4.79 Å². The molecule has 2 aliphatic rings. The molecule has 1 aromatic heterocycles. The number of hydrogen-bond donors (Lipinski definition) is 1. The van der Waals surface area contributed by atoms with E-state index in [1.165, 1.54) is 0 Å². The second-order valence-electron chi connectivity index (χ2n) is 6.20. The van der Waals surface area contributed by atoms with Gasteiger partial charge in [-0.2, -0.15) is 10.2 Å². The molecule has 1 amide bonds. The summed E-state index contributed by atoms with van der Waals surface area (Å²) < 4.78 is 5.90. The van der Waals surface area contributed by atoms with Crippen LogP contribution in [0.5, 0.6) is 0 Å². The predicted molar refractivity (Wildman–Crippen MR) is 85.9 cm³/mol. The highest BCUT2D eigenvalue weighted by atomic mass is 16.6. The molecule has 0 radical (unpaired) electrons. The first kappa shape index (κ1) is 14.4. The van der Waals surface area contributed by atoms with Crippen molar-refractivity contribution in [3.05, 3.63) is 36.0 Å². The number of nitrogens with zero attached hydrogens (tertiary/aromatic N) is 3. The lowest BCUT2D eigenvalue weighted by atomic mass is 10.0. The van der Waals surface area contributed by atoms with E-state index in [-0.39, 0.29) is 12.2 Å². The summed E-state index contributed by atoms with van der Waals surface area (Å²) in [6, 6.07) is 7.95. The minimum Gasteiger partial charge on any atom is -0.441 e. The summed E-state index contributed by atoms with van der Waals surface area (Å²) in [5, 5.41) is 12.5. The van der Waals surface area contributed by atoms with Crippen molar-refractivity contribution in [1.82, 2.24) is 20.4 Å². The van der Waals surface area contributed by atoms with Crippen LogP contribution in [0.25, 0.3) is 10.9 Å². The van der Waals surface area contributed by atoms with E-state index in [1.807, 2.05) is 24.3 Å². The van der Waals surface area contributed by atoms with Gasteiger partial charge in [-0.3, -0.25) is 0 Å². The van der Waals surface area contributed by atoms with Crippen LogP contribution in [0.1, 0.15) is 24.5 Å². The number of benzene rings is 1. The van der Waals surface area contributed by atoms with E-state index in [0.717, 1.165) is 42.4 Å². The second kappa shape index (κ2) is 6.12. The maximum absolute atomic E-state index is 12.5. The number of aromatic nitrogens is 2. The third-order valence-electron chi connectivity index (χ3n) is 4.54. The Bertz CT molecular complexity index is 705. The molecule has 1 saturated heterocycles. The molecule has 4 rings (SSSR count). The summed E-state index contributed by atoms with van der Waals surface area (Å²) in [5.74, 6) is 0.398. The van der Waals surface area contributed by atoms with Gasteiger partial charge in [0.15, 0.2) is 0 Å². The van der Waals surface area contributed by atoms with Gasteiger partial charge in [0, 0.05) is 43.0 Å². The second-order valence-corrected chi connectivity index (χ2v) is 6.20. The van der Waals surface area contributed by atoms with Gasteiger partial charge in [-0.15, -0.1) is 0 Å². The van der Waals surface area contributed by atoms with Gasteiger partial charge in [0.05, 0.1) is 11.7 Å². The van der Waals surface area contributed by atoms with Gasteiger partial charge >= 0.3 is 6.09 Å². The fourth-order valence-electron chi connectivity index (χ4n) is 3.11. The van der Waals surface area contributed by atoms with E-state index < -0.39 is 0 Å². The minimum absolute atomic E-state index is 0.218. The molecule has 120 valence electrons. The average Bonchev–Trinajstić information content (AvgIpc) is 3.45. The maximum Gasteiger partial charge on any atom is 0.410 e. The Morgan fingerprint density at radius 1 is 1.26 bits per heavy atom. The van der Waals surface area contributed by atoms with Gasteiger partial charge < -0.3 is 15.0 Å².